The highest BCUT2D eigenvalue weighted by molar-refractivity contribution is 7.16. The molecule has 3 heterocycles. The fraction of sp³-hybridized carbons (Fsp3) is 0.263. The minimum Gasteiger partial charge on any atom is -0.402 e. The summed E-state index contributed by atoms with van der Waals surface area (Å²) in [5, 5.41) is 1.22. The third-order valence-electron chi connectivity index (χ3n) is 4.25. The zero-order valence-electron chi connectivity index (χ0n) is 13.6. The van der Waals surface area contributed by atoms with E-state index in [1.807, 2.05) is 6.07 Å². The number of benzene rings is 1. The maximum Gasteiger partial charge on any atom is 0.363 e. The normalized spacial score (nSPS) is 19.2. The molecule has 0 atom stereocenters. The molecule has 0 unspecified atom stereocenters. The second-order valence-electron chi connectivity index (χ2n) is 6.07. The number of cyclic esters (lactones) is 1. The van der Waals surface area contributed by atoms with Crippen LogP contribution in [0.15, 0.2) is 47.1 Å². The van der Waals surface area contributed by atoms with Crippen LogP contribution in [0.3, 0.4) is 0 Å². The van der Waals surface area contributed by atoms with Gasteiger partial charge in [0.05, 0.1) is 5.00 Å². The maximum atomic E-state index is 13.3. The van der Waals surface area contributed by atoms with E-state index < -0.39 is 11.8 Å². The van der Waals surface area contributed by atoms with Crippen molar-refractivity contribution in [3.8, 4) is 0 Å². The molecule has 1 aromatic heterocycles. The number of thiophene rings is 1. The van der Waals surface area contributed by atoms with Gasteiger partial charge in [-0.2, -0.15) is 0 Å². The Bertz CT molecular complexity index is 866. The average Bonchev–Trinajstić information content (AvgIpc) is 3.24. The molecule has 1 fully saturated rings. The lowest BCUT2D eigenvalue weighted by molar-refractivity contribution is -0.129. The molecular weight excluding hydrogens is 339 g/mol. The van der Waals surface area contributed by atoms with Gasteiger partial charge in [0.2, 0.25) is 5.90 Å². The lowest BCUT2D eigenvalue weighted by Gasteiger charge is -2.27. The second kappa shape index (κ2) is 6.80. The molecule has 4 nitrogen and oxygen atoms in total. The number of ether oxygens (including phenoxy) is 1. The van der Waals surface area contributed by atoms with Crippen molar-refractivity contribution in [2.45, 2.75) is 19.3 Å². The summed E-state index contributed by atoms with van der Waals surface area (Å²) in [7, 11) is 0. The lowest BCUT2D eigenvalue weighted by Crippen LogP contribution is -2.28. The van der Waals surface area contributed by atoms with Crippen LogP contribution in [0, 0.1) is 5.82 Å². The fourth-order valence-corrected chi connectivity index (χ4v) is 3.99. The Morgan fingerprint density at radius 1 is 1.16 bits per heavy atom. The highest BCUT2D eigenvalue weighted by Gasteiger charge is 2.24. The Kier molecular flexibility index (Phi) is 4.36. The predicted octanol–water partition coefficient (Wildman–Crippen LogP) is 4.22. The smallest absolute Gasteiger partial charge is 0.363 e. The van der Waals surface area contributed by atoms with Crippen molar-refractivity contribution in [1.29, 1.82) is 0 Å². The summed E-state index contributed by atoms with van der Waals surface area (Å²) in [6.07, 6.45) is 5.47. The van der Waals surface area contributed by atoms with Gasteiger partial charge in [0.25, 0.3) is 0 Å². The molecule has 25 heavy (non-hydrogen) atoms. The topological polar surface area (TPSA) is 41.9 Å². The van der Waals surface area contributed by atoms with Gasteiger partial charge in [-0.3, -0.25) is 0 Å². The first-order valence-corrected chi connectivity index (χ1v) is 9.14. The molecule has 4 rings (SSSR count). The number of halogens is 1. The van der Waals surface area contributed by atoms with Gasteiger partial charge < -0.3 is 9.64 Å². The molecule has 0 spiro atoms. The van der Waals surface area contributed by atoms with Crippen LogP contribution in [0.1, 0.15) is 29.7 Å². The predicted molar refractivity (Wildman–Crippen MR) is 97.4 cm³/mol. The SMILES string of the molecule is O=C1OC(c2cccc(F)c2)=N/C1=C\c1ccc(N2CCCCC2)s1. The lowest BCUT2D eigenvalue weighted by atomic mass is 10.1. The van der Waals surface area contributed by atoms with Crippen LogP contribution in [-0.4, -0.2) is 25.0 Å². The molecule has 0 radical (unpaired) electrons. The molecule has 0 N–H and O–H groups in total. The summed E-state index contributed by atoms with van der Waals surface area (Å²) in [6.45, 7) is 2.17. The standard InChI is InChI=1S/C19H17FN2O2S/c20-14-6-4-5-13(11-14)18-21-16(19(23)24-18)12-15-7-8-17(25-15)22-9-2-1-3-10-22/h4-8,11-12H,1-3,9-10H2/b16-12-. The Balaban J connectivity index is 1.56. The Morgan fingerprint density at radius 3 is 2.80 bits per heavy atom. The number of carbonyl (C=O) groups is 1. The summed E-state index contributed by atoms with van der Waals surface area (Å²) in [4.78, 5) is 19.6. The molecule has 128 valence electrons. The number of hydrogen-bond donors (Lipinski definition) is 0. The molecule has 0 bridgehead atoms. The molecule has 0 aliphatic carbocycles. The summed E-state index contributed by atoms with van der Waals surface area (Å²) in [6, 6.07) is 9.94. The minimum absolute atomic E-state index is 0.142. The van der Waals surface area contributed by atoms with E-state index in [0.717, 1.165) is 18.0 Å². The number of hydrogen-bond acceptors (Lipinski definition) is 5. The molecule has 0 saturated carbocycles. The van der Waals surface area contributed by atoms with Gasteiger partial charge in [-0.05, 0) is 55.7 Å². The van der Waals surface area contributed by atoms with E-state index >= 15 is 0 Å². The van der Waals surface area contributed by atoms with Gasteiger partial charge in [-0.15, -0.1) is 11.3 Å². The van der Waals surface area contributed by atoms with Gasteiger partial charge in [0.1, 0.15) is 5.82 Å². The largest absolute Gasteiger partial charge is 0.402 e. The van der Waals surface area contributed by atoms with Crippen molar-refractivity contribution in [2.75, 3.05) is 18.0 Å². The minimum atomic E-state index is -0.507. The monoisotopic (exact) mass is 356 g/mol. The number of esters is 1. The first-order valence-electron chi connectivity index (χ1n) is 8.32. The molecule has 1 aromatic carbocycles. The number of piperidine rings is 1. The molecule has 2 aliphatic heterocycles. The quantitative estimate of drug-likeness (QED) is 0.611. The van der Waals surface area contributed by atoms with Crippen molar-refractivity contribution < 1.29 is 13.9 Å². The molecule has 1 saturated heterocycles. The number of nitrogens with zero attached hydrogens (tertiary/aromatic N) is 2. The summed E-state index contributed by atoms with van der Waals surface area (Å²) in [5.74, 6) is -0.756. The molecule has 2 aromatic rings. The van der Waals surface area contributed by atoms with E-state index in [0.29, 0.717) is 5.56 Å². The van der Waals surface area contributed by atoms with E-state index in [4.69, 9.17) is 4.74 Å². The van der Waals surface area contributed by atoms with E-state index in [1.165, 1.54) is 36.4 Å². The van der Waals surface area contributed by atoms with E-state index in [1.54, 1.807) is 29.5 Å². The van der Waals surface area contributed by atoms with Crippen LogP contribution >= 0.6 is 11.3 Å². The van der Waals surface area contributed by atoms with Crippen LogP contribution in [0.25, 0.3) is 6.08 Å². The van der Waals surface area contributed by atoms with Crippen molar-refractivity contribution in [3.05, 3.63) is 58.4 Å². The highest BCUT2D eigenvalue weighted by Crippen LogP contribution is 2.31. The van der Waals surface area contributed by atoms with Crippen LogP contribution in [0.4, 0.5) is 9.39 Å². The summed E-state index contributed by atoms with van der Waals surface area (Å²) in [5.41, 5.74) is 0.697. The Labute approximate surface area is 149 Å². The summed E-state index contributed by atoms with van der Waals surface area (Å²) >= 11 is 1.64. The van der Waals surface area contributed by atoms with E-state index in [2.05, 4.69) is 16.0 Å². The zero-order chi connectivity index (χ0) is 17.2. The van der Waals surface area contributed by atoms with Gasteiger partial charge in [-0.25, -0.2) is 14.2 Å². The van der Waals surface area contributed by atoms with Crippen LogP contribution in [0.5, 0.6) is 0 Å². The van der Waals surface area contributed by atoms with E-state index in [9.17, 15) is 9.18 Å². The number of aliphatic imine (C=N–C) groups is 1. The van der Waals surface area contributed by atoms with Crippen molar-refractivity contribution in [3.63, 3.8) is 0 Å². The second-order valence-corrected chi connectivity index (χ2v) is 7.16. The van der Waals surface area contributed by atoms with Gasteiger partial charge in [0.15, 0.2) is 5.70 Å². The van der Waals surface area contributed by atoms with Gasteiger partial charge in [0, 0.05) is 23.5 Å². The van der Waals surface area contributed by atoms with Crippen molar-refractivity contribution >= 4 is 34.3 Å². The third kappa shape index (κ3) is 3.49. The highest BCUT2D eigenvalue weighted by atomic mass is 32.1. The molecular formula is C19H17FN2O2S. The Morgan fingerprint density at radius 2 is 2.00 bits per heavy atom. The van der Waals surface area contributed by atoms with Crippen LogP contribution < -0.4 is 4.90 Å². The fourth-order valence-electron chi connectivity index (χ4n) is 2.99. The molecule has 6 heteroatoms. The number of carbonyl (C=O) groups excluding carboxylic acids is 1. The third-order valence-corrected chi connectivity index (χ3v) is 5.34. The maximum absolute atomic E-state index is 13.3. The van der Waals surface area contributed by atoms with Crippen LogP contribution in [-0.2, 0) is 9.53 Å². The number of anilines is 1. The van der Waals surface area contributed by atoms with Gasteiger partial charge in [-0.1, -0.05) is 6.07 Å². The van der Waals surface area contributed by atoms with Crippen LogP contribution in [0.2, 0.25) is 0 Å². The molecule has 0 amide bonds. The summed E-state index contributed by atoms with van der Waals surface area (Å²) < 4.78 is 18.5. The first kappa shape index (κ1) is 16.0. The zero-order valence-corrected chi connectivity index (χ0v) is 14.4. The van der Waals surface area contributed by atoms with Crippen molar-refractivity contribution in [1.82, 2.24) is 0 Å². The van der Waals surface area contributed by atoms with Gasteiger partial charge >= 0.3 is 5.97 Å². The van der Waals surface area contributed by atoms with Crippen molar-refractivity contribution in [2.24, 2.45) is 4.99 Å². The first-order chi connectivity index (χ1) is 12.2. The van der Waals surface area contributed by atoms with E-state index in [-0.39, 0.29) is 11.6 Å². The molecule has 2 aliphatic rings. The average molecular weight is 356 g/mol. The number of rotatable bonds is 3. The Hall–Kier alpha value is -2.47.